The van der Waals surface area contributed by atoms with E-state index < -0.39 is 16.9 Å². The molecule has 2 N–H and O–H groups in total. The Bertz CT molecular complexity index is 891. The van der Waals surface area contributed by atoms with Crippen LogP contribution in [0.4, 0.5) is 11.4 Å². The molecule has 148 valence electrons. The van der Waals surface area contributed by atoms with Gasteiger partial charge in [0.15, 0.2) is 0 Å². The summed E-state index contributed by atoms with van der Waals surface area (Å²) in [7, 11) is 0. The molecular formula is C19H20ClN3O4S. The van der Waals surface area contributed by atoms with Gasteiger partial charge in [0.05, 0.1) is 4.92 Å². The number of carbonyl (C=O) groups is 2. The van der Waals surface area contributed by atoms with Gasteiger partial charge in [-0.25, -0.2) is 0 Å². The number of hydrogen-bond donors (Lipinski definition) is 2. The van der Waals surface area contributed by atoms with Crippen LogP contribution in [-0.2, 0) is 4.79 Å². The topological polar surface area (TPSA) is 101 Å². The normalized spacial score (nSPS) is 11.5. The van der Waals surface area contributed by atoms with E-state index in [4.69, 9.17) is 11.6 Å². The van der Waals surface area contributed by atoms with Gasteiger partial charge in [-0.2, -0.15) is 11.8 Å². The Morgan fingerprint density at radius 2 is 2.00 bits per heavy atom. The fraction of sp³-hybridized carbons (Fsp3) is 0.263. The lowest BCUT2D eigenvalue weighted by molar-refractivity contribution is -0.384. The lowest BCUT2D eigenvalue weighted by Gasteiger charge is -2.18. The van der Waals surface area contributed by atoms with Crippen molar-refractivity contribution < 1.29 is 14.5 Å². The van der Waals surface area contributed by atoms with Crippen LogP contribution in [-0.4, -0.2) is 34.8 Å². The highest BCUT2D eigenvalue weighted by molar-refractivity contribution is 7.98. The van der Waals surface area contributed by atoms with Gasteiger partial charge in [-0.1, -0.05) is 23.7 Å². The minimum absolute atomic E-state index is 0.0577. The molecule has 2 rings (SSSR count). The smallest absolute Gasteiger partial charge is 0.288 e. The maximum Gasteiger partial charge on any atom is 0.288 e. The van der Waals surface area contributed by atoms with Gasteiger partial charge in [-0.15, -0.1) is 0 Å². The molecule has 0 aliphatic rings. The van der Waals surface area contributed by atoms with E-state index in [1.54, 1.807) is 17.8 Å². The number of thioether (sulfide) groups is 1. The molecule has 9 heteroatoms. The van der Waals surface area contributed by atoms with Crippen molar-refractivity contribution in [3.05, 3.63) is 68.7 Å². The van der Waals surface area contributed by atoms with Crippen molar-refractivity contribution in [2.75, 3.05) is 17.3 Å². The van der Waals surface area contributed by atoms with E-state index in [1.807, 2.05) is 31.4 Å². The van der Waals surface area contributed by atoms with Crippen LogP contribution < -0.4 is 10.6 Å². The molecule has 0 bridgehead atoms. The predicted molar refractivity (Wildman–Crippen MR) is 112 cm³/mol. The van der Waals surface area contributed by atoms with E-state index >= 15 is 0 Å². The van der Waals surface area contributed by atoms with Crippen LogP contribution in [0.5, 0.6) is 0 Å². The molecule has 1 unspecified atom stereocenters. The summed E-state index contributed by atoms with van der Waals surface area (Å²) in [5.74, 6) is -0.269. The number of halogens is 1. The molecule has 0 heterocycles. The summed E-state index contributed by atoms with van der Waals surface area (Å²) in [6, 6.07) is 10.3. The van der Waals surface area contributed by atoms with Crippen LogP contribution in [0, 0.1) is 17.0 Å². The predicted octanol–water partition coefficient (Wildman–Crippen LogP) is 4.05. The third-order valence-corrected chi connectivity index (χ3v) is 4.89. The molecule has 0 saturated heterocycles. The Balaban J connectivity index is 2.16. The third kappa shape index (κ3) is 5.97. The number of nitrogens with zero attached hydrogens (tertiary/aromatic N) is 1. The van der Waals surface area contributed by atoms with Crippen LogP contribution in [0.3, 0.4) is 0 Å². The van der Waals surface area contributed by atoms with Gasteiger partial charge >= 0.3 is 0 Å². The summed E-state index contributed by atoms with van der Waals surface area (Å²) in [6.07, 6.45) is 2.32. The van der Waals surface area contributed by atoms with E-state index in [-0.39, 0.29) is 22.2 Å². The lowest BCUT2D eigenvalue weighted by Crippen LogP contribution is -2.44. The monoisotopic (exact) mass is 421 g/mol. The quantitative estimate of drug-likeness (QED) is 0.494. The van der Waals surface area contributed by atoms with Crippen molar-refractivity contribution in [3.8, 4) is 0 Å². The maximum atomic E-state index is 12.7. The zero-order valence-corrected chi connectivity index (χ0v) is 17.0. The number of rotatable bonds is 8. The van der Waals surface area contributed by atoms with Gasteiger partial charge in [0.2, 0.25) is 5.91 Å². The first-order valence-electron chi connectivity index (χ1n) is 8.43. The summed E-state index contributed by atoms with van der Waals surface area (Å²) in [5, 5.41) is 16.4. The molecule has 28 heavy (non-hydrogen) atoms. The Kier molecular flexibility index (Phi) is 7.83. The molecule has 0 fully saturated rings. The second kappa shape index (κ2) is 10.1. The largest absolute Gasteiger partial charge is 0.340 e. The third-order valence-electron chi connectivity index (χ3n) is 3.92. The molecular weight excluding hydrogens is 402 g/mol. The highest BCUT2D eigenvalue weighted by atomic mass is 35.5. The molecule has 0 radical (unpaired) electrons. The Morgan fingerprint density at radius 3 is 2.64 bits per heavy atom. The highest BCUT2D eigenvalue weighted by Crippen LogP contribution is 2.25. The molecule has 2 amide bonds. The zero-order valence-electron chi connectivity index (χ0n) is 15.4. The maximum absolute atomic E-state index is 12.7. The summed E-state index contributed by atoms with van der Waals surface area (Å²) >= 11 is 7.33. The lowest BCUT2D eigenvalue weighted by atomic mass is 10.1. The Morgan fingerprint density at radius 1 is 1.25 bits per heavy atom. The van der Waals surface area contributed by atoms with Gasteiger partial charge in [-0.05, 0) is 55.2 Å². The van der Waals surface area contributed by atoms with Crippen molar-refractivity contribution in [2.45, 2.75) is 19.4 Å². The minimum Gasteiger partial charge on any atom is -0.340 e. The van der Waals surface area contributed by atoms with Gasteiger partial charge in [-0.3, -0.25) is 19.7 Å². The Labute approximate surface area is 172 Å². The van der Waals surface area contributed by atoms with Crippen molar-refractivity contribution in [1.82, 2.24) is 5.32 Å². The number of nitrogens with one attached hydrogen (secondary N) is 2. The van der Waals surface area contributed by atoms with E-state index in [0.717, 1.165) is 11.6 Å². The fourth-order valence-corrected chi connectivity index (χ4v) is 3.15. The number of aryl methyl sites for hydroxylation is 1. The number of nitro benzene ring substituents is 1. The minimum atomic E-state index is -0.782. The second-order valence-corrected chi connectivity index (χ2v) is 7.48. The molecule has 0 aliphatic carbocycles. The average molecular weight is 422 g/mol. The molecule has 2 aromatic carbocycles. The summed E-state index contributed by atoms with van der Waals surface area (Å²) in [6.45, 7) is 1.91. The van der Waals surface area contributed by atoms with Gasteiger partial charge in [0.25, 0.3) is 11.6 Å². The SMILES string of the molecule is CSCCC(NC(=O)c1ccc(Cl)c([N+](=O)[O-])c1)C(=O)Nc1cccc(C)c1. The van der Waals surface area contributed by atoms with Crippen LogP contribution in [0.25, 0.3) is 0 Å². The van der Waals surface area contributed by atoms with Crippen LogP contribution >= 0.6 is 23.4 Å². The molecule has 0 spiro atoms. The van der Waals surface area contributed by atoms with Gasteiger partial charge in [0, 0.05) is 17.3 Å². The summed E-state index contributed by atoms with van der Waals surface area (Å²) in [4.78, 5) is 35.6. The van der Waals surface area contributed by atoms with E-state index in [9.17, 15) is 19.7 Å². The molecule has 0 saturated carbocycles. The molecule has 2 aromatic rings. The van der Waals surface area contributed by atoms with Crippen LogP contribution in [0.2, 0.25) is 5.02 Å². The van der Waals surface area contributed by atoms with Crippen molar-refractivity contribution in [2.24, 2.45) is 0 Å². The van der Waals surface area contributed by atoms with E-state index in [0.29, 0.717) is 17.9 Å². The zero-order chi connectivity index (χ0) is 20.7. The van der Waals surface area contributed by atoms with Crippen molar-refractivity contribution in [1.29, 1.82) is 0 Å². The number of carbonyl (C=O) groups excluding carboxylic acids is 2. The number of anilines is 1. The number of benzene rings is 2. The van der Waals surface area contributed by atoms with Crippen LogP contribution in [0.15, 0.2) is 42.5 Å². The standard InChI is InChI=1S/C19H20ClN3O4S/c1-12-4-3-5-14(10-12)21-19(25)16(8-9-28-2)22-18(24)13-6-7-15(20)17(11-13)23(26)27/h3-7,10-11,16H,8-9H2,1-2H3,(H,21,25)(H,22,24). The molecule has 0 aromatic heterocycles. The average Bonchev–Trinajstić information content (AvgIpc) is 2.65. The molecule has 1 atom stereocenters. The summed E-state index contributed by atoms with van der Waals surface area (Å²) in [5.41, 5.74) is 1.33. The van der Waals surface area contributed by atoms with Gasteiger partial charge in [0.1, 0.15) is 11.1 Å². The first-order valence-corrected chi connectivity index (χ1v) is 10.2. The first kappa shape index (κ1) is 21.7. The van der Waals surface area contributed by atoms with Crippen molar-refractivity contribution >= 4 is 46.6 Å². The second-order valence-electron chi connectivity index (χ2n) is 6.09. The van der Waals surface area contributed by atoms with Gasteiger partial charge < -0.3 is 10.6 Å². The molecule has 7 nitrogen and oxygen atoms in total. The molecule has 0 aliphatic heterocycles. The number of nitro groups is 1. The van der Waals surface area contributed by atoms with Crippen molar-refractivity contribution in [3.63, 3.8) is 0 Å². The number of amides is 2. The van der Waals surface area contributed by atoms with E-state index in [2.05, 4.69) is 10.6 Å². The highest BCUT2D eigenvalue weighted by Gasteiger charge is 2.23. The first-order chi connectivity index (χ1) is 13.3. The van der Waals surface area contributed by atoms with E-state index in [1.165, 1.54) is 12.1 Å². The fourth-order valence-electron chi connectivity index (χ4n) is 2.49. The van der Waals surface area contributed by atoms with Crippen LogP contribution in [0.1, 0.15) is 22.3 Å². The Hall–Kier alpha value is -2.58. The summed E-state index contributed by atoms with van der Waals surface area (Å²) < 4.78 is 0. The number of hydrogen-bond acceptors (Lipinski definition) is 5.